The van der Waals surface area contributed by atoms with Crippen molar-refractivity contribution < 1.29 is 9.32 Å². The smallest absolute Gasteiger partial charge is 0.217 e. The zero-order valence-electron chi connectivity index (χ0n) is 9.44. The molecule has 16 heavy (non-hydrogen) atoms. The number of hydrogen-bond acceptors (Lipinski definition) is 4. The predicted molar refractivity (Wildman–Crippen MR) is 58.8 cm³/mol. The van der Waals surface area contributed by atoms with Gasteiger partial charge < -0.3 is 9.84 Å². The minimum Gasteiger partial charge on any atom is -0.356 e. The van der Waals surface area contributed by atoms with Crippen LogP contribution in [-0.4, -0.2) is 16.0 Å². The van der Waals surface area contributed by atoms with Gasteiger partial charge in [0.25, 0.3) is 0 Å². The third-order valence-electron chi connectivity index (χ3n) is 2.42. The number of rotatable bonds is 2. The van der Waals surface area contributed by atoms with Gasteiger partial charge in [-0.15, -0.1) is 0 Å². The van der Waals surface area contributed by atoms with Crippen molar-refractivity contribution in [2.24, 2.45) is 0 Å². The van der Waals surface area contributed by atoms with Gasteiger partial charge in [0, 0.05) is 19.2 Å². The Morgan fingerprint density at radius 3 is 3.00 bits per heavy atom. The third-order valence-corrected chi connectivity index (χ3v) is 2.42. The fourth-order valence-electron chi connectivity index (χ4n) is 1.58. The van der Waals surface area contributed by atoms with Crippen LogP contribution in [0.4, 0.5) is 0 Å². The first-order chi connectivity index (χ1) is 7.58. The summed E-state index contributed by atoms with van der Waals surface area (Å²) >= 11 is 0. The lowest BCUT2D eigenvalue weighted by Crippen LogP contribution is -2.24. The first-order valence-electron chi connectivity index (χ1n) is 5.07. The van der Waals surface area contributed by atoms with Crippen molar-refractivity contribution in [3.63, 3.8) is 0 Å². The maximum absolute atomic E-state index is 10.9. The van der Waals surface area contributed by atoms with Crippen molar-refractivity contribution >= 4 is 16.9 Å². The maximum Gasteiger partial charge on any atom is 0.217 e. The summed E-state index contributed by atoms with van der Waals surface area (Å²) in [6.45, 7) is 5.22. The molecule has 84 valence electrons. The molecule has 0 aromatic carbocycles. The highest BCUT2D eigenvalue weighted by Gasteiger charge is 2.11. The number of nitrogens with zero attached hydrogens (tertiary/aromatic N) is 2. The second-order valence-corrected chi connectivity index (χ2v) is 3.80. The minimum atomic E-state index is -0.132. The quantitative estimate of drug-likeness (QED) is 0.835. The van der Waals surface area contributed by atoms with Crippen LogP contribution in [0.1, 0.15) is 31.3 Å². The third kappa shape index (κ3) is 1.88. The van der Waals surface area contributed by atoms with Gasteiger partial charge in [0.15, 0.2) is 5.58 Å². The predicted octanol–water partition coefficient (Wildman–Crippen LogP) is 1.73. The molecule has 0 aliphatic heterocycles. The van der Waals surface area contributed by atoms with Crippen LogP contribution in [0.3, 0.4) is 0 Å². The van der Waals surface area contributed by atoms with E-state index >= 15 is 0 Å². The van der Waals surface area contributed by atoms with Crippen LogP contribution in [0, 0.1) is 6.92 Å². The highest BCUT2D eigenvalue weighted by Crippen LogP contribution is 2.20. The molecule has 1 unspecified atom stereocenters. The van der Waals surface area contributed by atoms with Crippen LogP contribution >= 0.6 is 0 Å². The topological polar surface area (TPSA) is 68.0 Å². The number of aromatic nitrogens is 2. The molecule has 0 fully saturated rings. The second-order valence-electron chi connectivity index (χ2n) is 3.80. The van der Waals surface area contributed by atoms with E-state index in [4.69, 9.17) is 4.52 Å². The Balaban J connectivity index is 2.35. The zero-order chi connectivity index (χ0) is 11.7. The first-order valence-corrected chi connectivity index (χ1v) is 5.07. The molecule has 1 N–H and O–H groups in total. The average molecular weight is 219 g/mol. The van der Waals surface area contributed by atoms with E-state index in [1.807, 2.05) is 13.8 Å². The molecule has 5 heteroatoms. The number of fused-ring (bicyclic) bond motifs is 1. The van der Waals surface area contributed by atoms with E-state index in [9.17, 15) is 4.79 Å². The summed E-state index contributed by atoms with van der Waals surface area (Å²) < 4.78 is 5.14. The monoisotopic (exact) mass is 219 g/mol. The van der Waals surface area contributed by atoms with E-state index in [0.29, 0.717) is 5.58 Å². The summed E-state index contributed by atoms with van der Waals surface area (Å²) in [4.78, 5) is 15.2. The normalized spacial score (nSPS) is 12.7. The maximum atomic E-state index is 10.9. The second kappa shape index (κ2) is 3.92. The van der Waals surface area contributed by atoms with Gasteiger partial charge in [-0.1, -0.05) is 5.16 Å². The minimum absolute atomic E-state index is 0.0804. The molecule has 2 aromatic rings. The number of hydrogen-bond donors (Lipinski definition) is 1. The van der Waals surface area contributed by atoms with Gasteiger partial charge in [-0.25, -0.2) is 0 Å². The molecule has 1 atom stereocenters. The molecule has 1 amide bonds. The molecule has 0 aliphatic carbocycles. The van der Waals surface area contributed by atoms with Crippen molar-refractivity contribution in [3.8, 4) is 0 Å². The van der Waals surface area contributed by atoms with Crippen molar-refractivity contribution in [2.75, 3.05) is 0 Å². The summed E-state index contributed by atoms with van der Waals surface area (Å²) in [7, 11) is 0. The molecule has 0 aliphatic rings. The molecule has 0 saturated carbocycles. The highest BCUT2D eigenvalue weighted by atomic mass is 16.5. The summed E-state index contributed by atoms with van der Waals surface area (Å²) in [6, 6.07) is 1.67. The van der Waals surface area contributed by atoms with Crippen LogP contribution < -0.4 is 5.32 Å². The number of pyridine rings is 1. The standard InChI is InChI=1S/C11H13N3O2/c1-6-9-5-12-10(4-11(9)16-14-6)7(2)13-8(3)15/h4-5,7H,1-3H3,(H,13,15). The first kappa shape index (κ1) is 10.6. The van der Waals surface area contributed by atoms with Crippen molar-refractivity contribution in [2.45, 2.75) is 26.8 Å². The van der Waals surface area contributed by atoms with Gasteiger partial charge in [0.2, 0.25) is 5.91 Å². The lowest BCUT2D eigenvalue weighted by molar-refractivity contribution is -0.119. The average Bonchev–Trinajstić information content (AvgIpc) is 2.59. The summed E-state index contributed by atoms with van der Waals surface area (Å²) in [5, 5.41) is 7.52. The number of amides is 1. The van der Waals surface area contributed by atoms with Gasteiger partial charge in [-0.3, -0.25) is 9.78 Å². The van der Waals surface area contributed by atoms with E-state index in [0.717, 1.165) is 16.8 Å². The van der Waals surface area contributed by atoms with E-state index in [2.05, 4.69) is 15.5 Å². The Morgan fingerprint density at radius 2 is 2.31 bits per heavy atom. The van der Waals surface area contributed by atoms with E-state index < -0.39 is 0 Å². The summed E-state index contributed by atoms with van der Waals surface area (Å²) in [5.41, 5.74) is 2.28. The molecule has 0 spiro atoms. The van der Waals surface area contributed by atoms with E-state index in [1.54, 1.807) is 12.3 Å². The van der Waals surface area contributed by atoms with Crippen molar-refractivity contribution in [1.82, 2.24) is 15.5 Å². The largest absolute Gasteiger partial charge is 0.356 e. The highest BCUT2D eigenvalue weighted by molar-refractivity contribution is 5.78. The molecule has 2 aromatic heterocycles. The number of aryl methyl sites for hydroxylation is 1. The van der Waals surface area contributed by atoms with Gasteiger partial charge in [-0.05, 0) is 13.8 Å². The summed E-state index contributed by atoms with van der Waals surface area (Å²) in [5.74, 6) is -0.0804. The lowest BCUT2D eigenvalue weighted by atomic mass is 10.2. The van der Waals surface area contributed by atoms with Crippen LogP contribution in [0.5, 0.6) is 0 Å². The molecule has 0 saturated heterocycles. The molecular weight excluding hydrogens is 206 g/mol. The fourth-order valence-corrected chi connectivity index (χ4v) is 1.58. The molecule has 2 heterocycles. The molecular formula is C11H13N3O2. The van der Waals surface area contributed by atoms with E-state index in [1.165, 1.54) is 6.92 Å². The molecule has 0 radical (unpaired) electrons. The number of carbonyl (C=O) groups excluding carboxylic acids is 1. The van der Waals surface area contributed by atoms with Gasteiger partial charge >= 0.3 is 0 Å². The Kier molecular flexibility index (Phi) is 2.60. The fraction of sp³-hybridized carbons (Fsp3) is 0.364. The van der Waals surface area contributed by atoms with Gasteiger partial charge in [0.1, 0.15) is 0 Å². The number of nitrogens with one attached hydrogen (secondary N) is 1. The van der Waals surface area contributed by atoms with Gasteiger partial charge in [0.05, 0.1) is 22.8 Å². The van der Waals surface area contributed by atoms with E-state index in [-0.39, 0.29) is 11.9 Å². The molecule has 0 bridgehead atoms. The Labute approximate surface area is 92.8 Å². The van der Waals surface area contributed by atoms with Crippen LogP contribution in [0.15, 0.2) is 16.8 Å². The Morgan fingerprint density at radius 1 is 1.56 bits per heavy atom. The Hall–Kier alpha value is -1.91. The van der Waals surface area contributed by atoms with Crippen molar-refractivity contribution in [1.29, 1.82) is 0 Å². The van der Waals surface area contributed by atoms with Crippen LogP contribution in [-0.2, 0) is 4.79 Å². The Bertz CT molecular complexity index is 533. The van der Waals surface area contributed by atoms with Crippen LogP contribution in [0.25, 0.3) is 11.0 Å². The van der Waals surface area contributed by atoms with Gasteiger partial charge in [-0.2, -0.15) is 0 Å². The zero-order valence-corrected chi connectivity index (χ0v) is 9.44. The number of carbonyl (C=O) groups is 1. The van der Waals surface area contributed by atoms with Crippen LogP contribution in [0.2, 0.25) is 0 Å². The molecule has 5 nitrogen and oxygen atoms in total. The SMILES string of the molecule is CC(=O)NC(C)c1cc2onc(C)c2cn1. The summed E-state index contributed by atoms with van der Waals surface area (Å²) in [6.07, 6.45) is 1.72. The lowest BCUT2D eigenvalue weighted by Gasteiger charge is -2.10. The van der Waals surface area contributed by atoms with Crippen molar-refractivity contribution in [3.05, 3.63) is 23.7 Å². The molecule has 2 rings (SSSR count).